The Labute approximate surface area is 68.3 Å². The van der Waals surface area contributed by atoms with Crippen LogP contribution >= 0.6 is 0 Å². The molecule has 1 N–H and O–H groups in total. The van der Waals surface area contributed by atoms with Crippen LogP contribution in [0.15, 0.2) is 0 Å². The molecule has 2 nitrogen and oxygen atoms in total. The first-order chi connectivity index (χ1) is 5.25. The normalized spacial score (nSPS) is 42.3. The first kappa shape index (κ1) is 7.56. The summed E-state index contributed by atoms with van der Waals surface area (Å²) in [5.41, 5.74) is 0. The Hall–Kier alpha value is -0.0800. The zero-order chi connectivity index (χ0) is 7.84. The van der Waals surface area contributed by atoms with Gasteiger partial charge in [0.1, 0.15) is 0 Å². The van der Waals surface area contributed by atoms with Crippen molar-refractivity contribution in [2.75, 3.05) is 0 Å². The van der Waals surface area contributed by atoms with Gasteiger partial charge in [-0.3, -0.25) is 0 Å². The average molecular weight is 155 g/mol. The van der Waals surface area contributed by atoms with E-state index < -0.39 is 0 Å². The van der Waals surface area contributed by atoms with Gasteiger partial charge in [0.05, 0.1) is 12.2 Å². The fraction of sp³-hybridized carbons (Fsp3) is 1.00. The predicted molar refractivity (Wildman–Crippen MR) is 44.6 cm³/mol. The Balaban J connectivity index is 1.87. The molecule has 0 aromatic carbocycles. The molecule has 0 aromatic heterocycles. The number of hydrogen-bond acceptors (Lipinski definition) is 2. The molecule has 2 bridgehead atoms. The molecular weight excluding hydrogens is 138 g/mol. The monoisotopic (exact) mass is 155 g/mol. The topological polar surface area (TPSA) is 21.3 Å². The fourth-order valence-electron chi connectivity index (χ4n) is 2.24. The second-order valence-electron chi connectivity index (χ2n) is 4.04. The maximum Gasteiger partial charge on any atom is 0.0733 e. The Bertz CT molecular complexity index is 146. The van der Waals surface area contributed by atoms with Crippen molar-refractivity contribution < 1.29 is 4.74 Å². The highest BCUT2D eigenvalue weighted by atomic mass is 16.5. The molecule has 0 amide bonds. The molecule has 2 aliphatic heterocycles. The van der Waals surface area contributed by atoms with Gasteiger partial charge in [-0.25, -0.2) is 0 Å². The van der Waals surface area contributed by atoms with Crippen LogP contribution in [0.25, 0.3) is 0 Å². The molecule has 2 fully saturated rings. The Kier molecular flexibility index (Phi) is 1.90. The fourth-order valence-corrected chi connectivity index (χ4v) is 2.24. The first-order valence-electron chi connectivity index (χ1n) is 4.67. The molecule has 0 saturated carbocycles. The van der Waals surface area contributed by atoms with Gasteiger partial charge in [-0.15, -0.1) is 0 Å². The van der Waals surface area contributed by atoms with Gasteiger partial charge in [-0.05, 0) is 19.3 Å². The van der Waals surface area contributed by atoms with Crippen LogP contribution in [0.2, 0.25) is 0 Å². The quantitative estimate of drug-likeness (QED) is 0.649. The molecule has 2 heterocycles. The van der Waals surface area contributed by atoms with Gasteiger partial charge in [-0.1, -0.05) is 13.8 Å². The van der Waals surface area contributed by atoms with Crippen molar-refractivity contribution in [2.45, 2.75) is 57.4 Å². The van der Waals surface area contributed by atoms with Crippen LogP contribution in [0.3, 0.4) is 0 Å². The molecule has 0 spiro atoms. The summed E-state index contributed by atoms with van der Waals surface area (Å²) < 4.78 is 5.72. The predicted octanol–water partition coefficient (Wildman–Crippen LogP) is 1.30. The zero-order valence-electron chi connectivity index (χ0n) is 7.34. The SMILES string of the molecule is CC(C)N[C@@H]1C[C@H]2CC[C@@H]1O2. The average Bonchev–Trinajstić information content (AvgIpc) is 2.45. The summed E-state index contributed by atoms with van der Waals surface area (Å²) in [7, 11) is 0. The van der Waals surface area contributed by atoms with Crippen molar-refractivity contribution in [3.05, 3.63) is 0 Å². The third-order valence-electron chi connectivity index (χ3n) is 2.65. The van der Waals surface area contributed by atoms with E-state index in [1.165, 1.54) is 19.3 Å². The number of ether oxygens (including phenoxy) is 1. The van der Waals surface area contributed by atoms with Crippen LogP contribution < -0.4 is 5.32 Å². The summed E-state index contributed by atoms with van der Waals surface area (Å²) in [5.74, 6) is 0. The lowest BCUT2D eigenvalue weighted by atomic mass is 9.95. The standard InChI is InChI=1S/C9H17NO/c1-6(2)10-8-5-7-3-4-9(8)11-7/h6-10H,3-5H2,1-2H3/t7-,8-,9+/m1/s1. The molecule has 11 heavy (non-hydrogen) atoms. The molecule has 3 atom stereocenters. The summed E-state index contributed by atoms with van der Waals surface area (Å²) in [6, 6.07) is 1.25. The van der Waals surface area contributed by atoms with Gasteiger partial charge < -0.3 is 10.1 Å². The van der Waals surface area contributed by atoms with Gasteiger partial charge in [0, 0.05) is 12.1 Å². The second kappa shape index (κ2) is 2.76. The van der Waals surface area contributed by atoms with Crippen molar-refractivity contribution in [3.63, 3.8) is 0 Å². The summed E-state index contributed by atoms with van der Waals surface area (Å²) in [5, 5.41) is 3.55. The van der Waals surface area contributed by atoms with Crippen LogP contribution in [-0.2, 0) is 4.74 Å². The minimum atomic E-state index is 0.530. The van der Waals surface area contributed by atoms with E-state index >= 15 is 0 Å². The van der Waals surface area contributed by atoms with Gasteiger partial charge >= 0.3 is 0 Å². The minimum Gasteiger partial charge on any atom is -0.373 e. The van der Waals surface area contributed by atoms with Crippen LogP contribution in [0.4, 0.5) is 0 Å². The lowest BCUT2D eigenvalue weighted by molar-refractivity contribution is 0.0965. The maximum atomic E-state index is 5.72. The molecule has 0 radical (unpaired) electrons. The Morgan fingerprint density at radius 3 is 2.64 bits per heavy atom. The largest absolute Gasteiger partial charge is 0.373 e. The zero-order valence-corrected chi connectivity index (χ0v) is 7.34. The minimum absolute atomic E-state index is 0.530. The molecular formula is C9H17NO. The van der Waals surface area contributed by atoms with Crippen LogP contribution in [0.5, 0.6) is 0 Å². The number of rotatable bonds is 2. The van der Waals surface area contributed by atoms with Gasteiger partial charge in [0.25, 0.3) is 0 Å². The van der Waals surface area contributed by atoms with Crippen LogP contribution in [0.1, 0.15) is 33.1 Å². The highest BCUT2D eigenvalue weighted by molar-refractivity contribution is 4.94. The second-order valence-corrected chi connectivity index (χ2v) is 4.04. The van der Waals surface area contributed by atoms with E-state index in [9.17, 15) is 0 Å². The summed E-state index contributed by atoms with van der Waals surface area (Å²) in [4.78, 5) is 0. The van der Waals surface area contributed by atoms with E-state index in [1.54, 1.807) is 0 Å². The summed E-state index contributed by atoms with van der Waals surface area (Å²) in [6.07, 6.45) is 4.91. The number of fused-ring (bicyclic) bond motifs is 2. The Morgan fingerprint density at radius 1 is 1.36 bits per heavy atom. The highest BCUT2D eigenvalue weighted by Crippen LogP contribution is 2.34. The third-order valence-corrected chi connectivity index (χ3v) is 2.65. The summed E-state index contributed by atoms with van der Waals surface area (Å²) >= 11 is 0. The van der Waals surface area contributed by atoms with Crippen molar-refractivity contribution in [2.24, 2.45) is 0 Å². The molecule has 64 valence electrons. The molecule has 0 unspecified atom stereocenters. The molecule has 0 aliphatic carbocycles. The lowest BCUT2D eigenvalue weighted by Gasteiger charge is -2.22. The van der Waals surface area contributed by atoms with Gasteiger partial charge in [-0.2, -0.15) is 0 Å². The third kappa shape index (κ3) is 1.42. The van der Waals surface area contributed by atoms with Crippen molar-refractivity contribution in [1.82, 2.24) is 5.32 Å². The van der Waals surface area contributed by atoms with E-state index in [4.69, 9.17) is 4.74 Å². The van der Waals surface area contributed by atoms with E-state index in [-0.39, 0.29) is 0 Å². The number of nitrogens with one attached hydrogen (secondary N) is 1. The van der Waals surface area contributed by atoms with Crippen LogP contribution in [0, 0.1) is 0 Å². The van der Waals surface area contributed by atoms with E-state index in [2.05, 4.69) is 19.2 Å². The lowest BCUT2D eigenvalue weighted by Crippen LogP contribution is -2.41. The van der Waals surface area contributed by atoms with Gasteiger partial charge in [0.2, 0.25) is 0 Å². The number of hydrogen-bond donors (Lipinski definition) is 1. The molecule has 0 aromatic rings. The molecule has 2 aliphatic rings. The Morgan fingerprint density at radius 2 is 2.18 bits per heavy atom. The van der Waals surface area contributed by atoms with E-state index in [1.807, 2.05) is 0 Å². The van der Waals surface area contributed by atoms with Crippen LogP contribution in [-0.4, -0.2) is 24.3 Å². The van der Waals surface area contributed by atoms with E-state index in [0.29, 0.717) is 24.3 Å². The summed E-state index contributed by atoms with van der Waals surface area (Å²) in [6.45, 7) is 4.40. The maximum absolute atomic E-state index is 5.72. The smallest absolute Gasteiger partial charge is 0.0733 e. The molecule has 2 rings (SSSR count). The van der Waals surface area contributed by atoms with Crippen molar-refractivity contribution >= 4 is 0 Å². The van der Waals surface area contributed by atoms with E-state index in [0.717, 1.165) is 0 Å². The molecule has 2 saturated heterocycles. The van der Waals surface area contributed by atoms with Crippen molar-refractivity contribution in [3.8, 4) is 0 Å². The van der Waals surface area contributed by atoms with Gasteiger partial charge in [0.15, 0.2) is 0 Å². The highest BCUT2D eigenvalue weighted by Gasteiger charge is 2.40. The first-order valence-corrected chi connectivity index (χ1v) is 4.67. The van der Waals surface area contributed by atoms with Crippen molar-refractivity contribution in [1.29, 1.82) is 0 Å². The molecule has 2 heteroatoms.